The lowest BCUT2D eigenvalue weighted by Crippen LogP contribution is -2.38. The van der Waals surface area contributed by atoms with Gasteiger partial charge < -0.3 is 14.8 Å². The molecule has 0 bridgehead atoms. The molecule has 1 N–H and O–H groups in total. The van der Waals surface area contributed by atoms with Crippen molar-refractivity contribution in [2.75, 3.05) is 44.8 Å². The molecule has 5 nitrogen and oxygen atoms in total. The van der Waals surface area contributed by atoms with E-state index < -0.39 is 0 Å². The van der Waals surface area contributed by atoms with Crippen molar-refractivity contribution in [3.8, 4) is 5.75 Å². The van der Waals surface area contributed by atoms with E-state index in [4.69, 9.17) is 9.47 Å². The van der Waals surface area contributed by atoms with Crippen molar-refractivity contribution in [3.05, 3.63) is 57.1 Å². The lowest BCUT2D eigenvalue weighted by Gasteiger charge is -2.27. The molecule has 33 heavy (non-hydrogen) atoms. The Balaban J connectivity index is 1.66. The Morgan fingerprint density at radius 2 is 1.76 bits per heavy atom. The van der Waals surface area contributed by atoms with Crippen LogP contribution in [-0.4, -0.2) is 50.3 Å². The lowest BCUT2D eigenvalue weighted by atomic mass is 9.90. The van der Waals surface area contributed by atoms with Gasteiger partial charge in [-0.3, -0.25) is 9.69 Å². The number of nitrogens with one attached hydrogen (secondary N) is 1. The first kappa shape index (κ1) is 24.0. The quantitative estimate of drug-likeness (QED) is 0.469. The summed E-state index contributed by atoms with van der Waals surface area (Å²) in [5.41, 5.74) is 5.87. The number of benzene rings is 2. The molecule has 176 valence electrons. The van der Waals surface area contributed by atoms with E-state index in [9.17, 15) is 4.79 Å². The molecule has 1 fully saturated rings. The highest BCUT2D eigenvalue weighted by Crippen LogP contribution is 2.39. The van der Waals surface area contributed by atoms with Crippen LogP contribution < -0.4 is 10.1 Å². The molecule has 1 saturated heterocycles. The Morgan fingerprint density at radius 1 is 1.09 bits per heavy atom. The number of carbonyl (C=O) groups is 1. The van der Waals surface area contributed by atoms with Gasteiger partial charge in [0.15, 0.2) is 0 Å². The van der Waals surface area contributed by atoms with Crippen molar-refractivity contribution in [3.63, 3.8) is 0 Å². The smallest absolute Gasteiger partial charge is 0.256 e. The van der Waals surface area contributed by atoms with Crippen LogP contribution in [0, 0.1) is 0 Å². The molecule has 2 aromatic carbocycles. The van der Waals surface area contributed by atoms with Gasteiger partial charge in [-0.25, -0.2) is 0 Å². The Bertz CT molecular complexity index is 1030. The fraction of sp³-hybridized carbons (Fsp3) is 0.444. The van der Waals surface area contributed by atoms with Crippen LogP contribution in [0.3, 0.4) is 0 Å². The van der Waals surface area contributed by atoms with Crippen LogP contribution in [0.1, 0.15) is 61.8 Å². The number of amides is 1. The summed E-state index contributed by atoms with van der Waals surface area (Å²) in [4.78, 5) is 15.1. The predicted octanol–water partition coefficient (Wildman–Crippen LogP) is 5.90. The van der Waals surface area contributed by atoms with Crippen LogP contribution in [-0.2, 0) is 9.53 Å². The van der Waals surface area contributed by atoms with Gasteiger partial charge in [0.05, 0.1) is 13.2 Å². The van der Waals surface area contributed by atoms with E-state index in [0.717, 1.165) is 59.9 Å². The van der Waals surface area contributed by atoms with Gasteiger partial charge in [0.25, 0.3) is 5.91 Å². The summed E-state index contributed by atoms with van der Waals surface area (Å²) in [5.74, 6) is 1.54. The maximum Gasteiger partial charge on any atom is 0.256 e. The highest BCUT2D eigenvalue weighted by Gasteiger charge is 2.25. The Morgan fingerprint density at radius 3 is 2.39 bits per heavy atom. The van der Waals surface area contributed by atoms with E-state index >= 15 is 0 Å². The summed E-state index contributed by atoms with van der Waals surface area (Å²) in [5, 5.41) is 2.97. The summed E-state index contributed by atoms with van der Waals surface area (Å²) in [6.45, 7) is 13.8. The predicted molar refractivity (Wildman–Crippen MR) is 138 cm³/mol. The maximum atomic E-state index is 12.7. The summed E-state index contributed by atoms with van der Waals surface area (Å²) in [6, 6.07) is 10.2. The topological polar surface area (TPSA) is 50.8 Å². The van der Waals surface area contributed by atoms with Crippen LogP contribution >= 0.6 is 15.9 Å². The summed E-state index contributed by atoms with van der Waals surface area (Å²) < 4.78 is 12.8. The number of hydrogen-bond donors (Lipinski definition) is 1. The van der Waals surface area contributed by atoms with Gasteiger partial charge in [0.2, 0.25) is 0 Å². The maximum absolute atomic E-state index is 12.7. The van der Waals surface area contributed by atoms with Crippen molar-refractivity contribution >= 4 is 39.2 Å². The number of carbonyl (C=O) groups excluding carboxylic acids is 1. The molecule has 0 radical (unpaired) electrons. The van der Waals surface area contributed by atoms with Gasteiger partial charge in [-0.05, 0) is 64.9 Å². The second-order valence-corrected chi connectivity index (χ2v) is 10.3. The standard InChI is InChI=1S/C27H33BrN2O3/c1-17(2)21-13-19(15-24-23-16-20(28)5-6-25(23)29-27(24)31)14-22(18(3)4)26(21)33-12-9-30-7-10-32-11-8-30/h5-6,13-18H,7-12H2,1-4H3,(H,29,31)/b24-15-. The van der Waals surface area contributed by atoms with Gasteiger partial charge in [0.1, 0.15) is 12.4 Å². The number of ether oxygens (including phenoxy) is 2. The number of halogens is 1. The van der Waals surface area contributed by atoms with Crippen molar-refractivity contribution in [2.45, 2.75) is 39.5 Å². The molecule has 0 atom stereocenters. The summed E-state index contributed by atoms with van der Waals surface area (Å²) in [6.07, 6.45) is 2.00. The zero-order valence-corrected chi connectivity index (χ0v) is 21.5. The highest BCUT2D eigenvalue weighted by atomic mass is 79.9. The molecule has 0 spiro atoms. The Hall–Kier alpha value is -2.15. The normalized spacial score (nSPS) is 17.7. The molecule has 0 aliphatic carbocycles. The van der Waals surface area contributed by atoms with E-state index in [2.05, 4.69) is 66.0 Å². The van der Waals surface area contributed by atoms with E-state index in [1.807, 2.05) is 24.3 Å². The third-order valence-corrected chi connectivity index (χ3v) is 6.74. The SMILES string of the molecule is CC(C)c1cc(/C=C2\C(=O)Nc3ccc(Br)cc32)cc(C(C)C)c1OCCN1CCOCC1. The molecule has 2 aromatic rings. The van der Waals surface area contributed by atoms with Crippen LogP contribution in [0.25, 0.3) is 11.6 Å². The molecule has 1 amide bonds. The first-order chi connectivity index (χ1) is 15.8. The zero-order chi connectivity index (χ0) is 23.5. The largest absolute Gasteiger partial charge is 0.492 e. The van der Waals surface area contributed by atoms with Crippen molar-refractivity contribution in [2.24, 2.45) is 0 Å². The molecular formula is C27H33BrN2O3. The molecule has 6 heteroatoms. The first-order valence-corrected chi connectivity index (χ1v) is 12.6. The van der Waals surface area contributed by atoms with Crippen molar-refractivity contribution < 1.29 is 14.3 Å². The number of rotatable bonds is 7. The van der Waals surface area contributed by atoms with Crippen LogP contribution in [0.5, 0.6) is 5.75 Å². The second-order valence-electron chi connectivity index (χ2n) is 9.34. The lowest BCUT2D eigenvalue weighted by molar-refractivity contribution is -0.110. The van der Waals surface area contributed by atoms with Gasteiger partial charge in [-0.1, -0.05) is 43.6 Å². The van der Waals surface area contributed by atoms with E-state index in [1.165, 1.54) is 11.1 Å². The minimum absolute atomic E-state index is 0.0638. The number of morpholine rings is 1. The number of hydrogen-bond acceptors (Lipinski definition) is 4. The first-order valence-electron chi connectivity index (χ1n) is 11.8. The average molecular weight is 513 g/mol. The van der Waals surface area contributed by atoms with Gasteiger partial charge in [-0.15, -0.1) is 0 Å². The average Bonchev–Trinajstić information content (AvgIpc) is 3.09. The number of fused-ring (bicyclic) bond motifs is 1. The van der Waals surface area contributed by atoms with Crippen LogP contribution in [0.2, 0.25) is 0 Å². The molecule has 0 unspecified atom stereocenters. The van der Waals surface area contributed by atoms with Gasteiger partial charge in [-0.2, -0.15) is 0 Å². The van der Waals surface area contributed by atoms with Crippen molar-refractivity contribution in [1.82, 2.24) is 4.90 Å². The summed E-state index contributed by atoms with van der Waals surface area (Å²) >= 11 is 3.53. The molecule has 2 aliphatic heterocycles. The van der Waals surface area contributed by atoms with Crippen LogP contribution in [0.4, 0.5) is 5.69 Å². The third kappa shape index (κ3) is 5.51. The molecule has 2 heterocycles. The molecule has 0 aromatic heterocycles. The second kappa shape index (κ2) is 10.4. The number of anilines is 1. The minimum Gasteiger partial charge on any atom is -0.492 e. The molecular weight excluding hydrogens is 480 g/mol. The monoisotopic (exact) mass is 512 g/mol. The Kier molecular flexibility index (Phi) is 7.57. The number of nitrogens with zero attached hydrogens (tertiary/aromatic N) is 1. The zero-order valence-electron chi connectivity index (χ0n) is 19.9. The summed E-state index contributed by atoms with van der Waals surface area (Å²) in [7, 11) is 0. The van der Waals surface area contributed by atoms with Crippen LogP contribution in [0.15, 0.2) is 34.8 Å². The fourth-order valence-electron chi connectivity index (χ4n) is 4.38. The highest BCUT2D eigenvalue weighted by molar-refractivity contribution is 9.10. The van der Waals surface area contributed by atoms with E-state index in [-0.39, 0.29) is 5.91 Å². The molecule has 4 rings (SSSR count). The van der Waals surface area contributed by atoms with E-state index in [0.29, 0.717) is 24.0 Å². The molecule has 2 aliphatic rings. The Labute approximate surface area is 205 Å². The molecule has 0 saturated carbocycles. The van der Waals surface area contributed by atoms with Crippen molar-refractivity contribution in [1.29, 1.82) is 0 Å². The third-order valence-electron chi connectivity index (χ3n) is 6.25. The fourth-order valence-corrected chi connectivity index (χ4v) is 4.74. The minimum atomic E-state index is -0.0638. The van der Waals surface area contributed by atoms with E-state index in [1.54, 1.807) is 0 Å². The van der Waals surface area contributed by atoms with Gasteiger partial charge in [0, 0.05) is 40.9 Å². The van der Waals surface area contributed by atoms with Gasteiger partial charge >= 0.3 is 0 Å².